The van der Waals surface area contributed by atoms with Crippen molar-refractivity contribution in [1.82, 2.24) is 15.0 Å². The number of nitrogens with zero attached hydrogens (tertiary/aromatic N) is 4. The summed E-state index contributed by atoms with van der Waals surface area (Å²) in [6.07, 6.45) is 0. The summed E-state index contributed by atoms with van der Waals surface area (Å²) in [7, 11) is 0. The van der Waals surface area contributed by atoms with Gasteiger partial charge in [0.1, 0.15) is 0 Å². The molecule has 66 heavy (non-hydrogen) atoms. The minimum atomic E-state index is 0.580. The lowest BCUT2D eigenvalue weighted by molar-refractivity contribution is 1.07. The molecule has 0 atom stereocenters. The number of benzene rings is 11. The van der Waals surface area contributed by atoms with E-state index in [1.165, 1.54) is 54.2 Å². The minimum Gasteiger partial charge on any atom is -0.208 e. The predicted molar refractivity (Wildman–Crippen MR) is 273 cm³/mol. The van der Waals surface area contributed by atoms with Crippen LogP contribution in [0.5, 0.6) is 0 Å². The molecule has 1 aromatic heterocycles. The van der Waals surface area contributed by atoms with E-state index in [0.29, 0.717) is 23.0 Å². The zero-order chi connectivity index (χ0) is 44.0. The fraction of sp³-hybridized carbons (Fsp3) is 0. The van der Waals surface area contributed by atoms with Crippen molar-refractivity contribution in [2.75, 3.05) is 0 Å². The third kappa shape index (κ3) is 7.02. The molecule has 0 N–H and O–H groups in total. The summed E-state index contributed by atoms with van der Waals surface area (Å²) >= 11 is 0. The Morgan fingerprint density at radius 1 is 0.273 bits per heavy atom. The van der Waals surface area contributed by atoms with Crippen LogP contribution in [0.3, 0.4) is 0 Å². The highest BCUT2D eigenvalue weighted by Crippen LogP contribution is 2.41. The van der Waals surface area contributed by atoms with Crippen molar-refractivity contribution in [3.05, 3.63) is 236 Å². The molecule has 0 aliphatic heterocycles. The van der Waals surface area contributed by atoms with Gasteiger partial charge in [-0.3, -0.25) is 0 Å². The maximum Gasteiger partial charge on any atom is 0.164 e. The molecule has 4 heteroatoms. The Hall–Kier alpha value is -9.04. The quantitative estimate of drug-likeness (QED) is 0.118. The molecule has 0 fully saturated rings. The summed E-state index contributed by atoms with van der Waals surface area (Å²) in [6, 6.07) is 83.1. The van der Waals surface area contributed by atoms with E-state index in [2.05, 4.69) is 188 Å². The molecule has 0 saturated heterocycles. The molecule has 0 aliphatic rings. The van der Waals surface area contributed by atoms with Gasteiger partial charge in [0, 0.05) is 16.7 Å². The van der Waals surface area contributed by atoms with Crippen LogP contribution in [0.2, 0.25) is 0 Å². The van der Waals surface area contributed by atoms with Gasteiger partial charge in [0.2, 0.25) is 0 Å². The molecule has 11 aromatic carbocycles. The van der Waals surface area contributed by atoms with Gasteiger partial charge in [0.25, 0.3) is 0 Å². The lowest BCUT2D eigenvalue weighted by atomic mass is 9.89. The topological polar surface area (TPSA) is 62.5 Å². The largest absolute Gasteiger partial charge is 0.208 e. The van der Waals surface area contributed by atoms with Crippen molar-refractivity contribution in [2.24, 2.45) is 0 Å². The number of hydrogen-bond acceptors (Lipinski definition) is 4. The highest BCUT2D eigenvalue weighted by molar-refractivity contribution is 6.20. The average Bonchev–Trinajstić information content (AvgIpc) is 3.40. The Morgan fingerprint density at radius 3 is 1.58 bits per heavy atom. The first-order chi connectivity index (χ1) is 32.6. The summed E-state index contributed by atoms with van der Waals surface area (Å²) in [4.78, 5) is 15.4. The van der Waals surface area contributed by atoms with Gasteiger partial charge in [-0.2, -0.15) is 5.26 Å². The Bertz CT molecular complexity index is 3870. The first-order valence-corrected chi connectivity index (χ1v) is 22.1. The predicted octanol–water partition coefficient (Wildman–Crippen LogP) is 16.0. The molecule has 0 radical (unpaired) electrons. The number of fused-ring (bicyclic) bond motifs is 5. The summed E-state index contributed by atoms with van der Waals surface area (Å²) in [5.41, 5.74) is 12.2. The van der Waals surface area contributed by atoms with Crippen LogP contribution in [0, 0.1) is 11.3 Å². The van der Waals surface area contributed by atoms with E-state index < -0.39 is 0 Å². The van der Waals surface area contributed by atoms with Gasteiger partial charge in [-0.1, -0.05) is 194 Å². The zero-order valence-electron chi connectivity index (χ0n) is 35.7. The van der Waals surface area contributed by atoms with Crippen LogP contribution in [0.4, 0.5) is 0 Å². The maximum absolute atomic E-state index is 9.38. The highest BCUT2D eigenvalue weighted by atomic mass is 15.0. The van der Waals surface area contributed by atoms with Crippen LogP contribution in [0.15, 0.2) is 231 Å². The average molecular weight is 839 g/mol. The fourth-order valence-electron chi connectivity index (χ4n) is 9.40. The third-order valence-electron chi connectivity index (χ3n) is 12.7. The van der Waals surface area contributed by atoms with Crippen LogP contribution in [0.25, 0.3) is 122 Å². The molecule has 0 spiro atoms. The van der Waals surface area contributed by atoms with E-state index in [9.17, 15) is 5.26 Å². The summed E-state index contributed by atoms with van der Waals surface area (Å²) < 4.78 is 0. The second-order valence-corrected chi connectivity index (χ2v) is 16.7. The van der Waals surface area contributed by atoms with Crippen LogP contribution >= 0.6 is 0 Å². The minimum absolute atomic E-state index is 0.580. The smallest absolute Gasteiger partial charge is 0.164 e. The lowest BCUT2D eigenvalue weighted by Gasteiger charge is -2.15. The van der Waals surface area contributed by atoms with Gasteiger partial charge < -0.3 is 0 Å². The molecule has 0 unspecified atom stereocenters. The molecule has 306 valence electrons. The molecule has 12 aromatic rings. The van der Waals surface area contributed by atoms with Gasteiger partial charge in [-0.15, -0.1) is 0 Å². The van der Waals surface area contributed by atoms with Gasteiger partial charge in [0.15, 0.2) is 17.5 Å². The second kappa shape index (κ2) is 16.3. The number of aromatic nitrogens is 3. The Morgan fingerprint density at radius 2 is 0.803 bits per heavy atom. The van der Waals surface area contributed by atoms with Crippen molar-refractivity contribution < 1.29 is 0 Å². The monoisotopic (exact) mass is 838 g/mol. The Labute approximate surface area is 382 Å². The SMILES string of the molecule is N#Cc1ccc(-c2cccc(-c3nc(-c4ccc(-c5ccc6cc(-c7c8ccccc8cc8c7ccc7ccccc78)ccc6c5)cc4)nc(-c4ccccc4-c4ccccc4)n3)c2)cc1. The van der Waals surface area contributed by atoms with E-state index in [1.807, 2.05) is 48.5 Å². The standard InChI is InChI=1S/C62H38N4/c63-39-40-21-23-41(24-22-40)46-15-10-16-52(37-46)61-64-60(65-62(66-61)57-20-9-8-17-53(57)43-11-2-1-3-12-43)45-27-25-42(26-28-45)47-29-30-49-36-51(32-31-48(49)35-47)59-55-19-7-5-14-50(55)38-58-54-18-6-4-13-44(54)33-34-56(58)59/h1-38H. The van der Waals surface area contributed by atoms with Gasteiger partial charge in [-0.25, -0.2) is 15.0 Å². The molecule has 0 bridgehead atoms. The molecular weight excluding hydrogens is 801 g/mol. The van der Waals surface area contributed by atoms with Crippen molar-refractivity contribution >= 4 is 43.1 Å². The Kier molecular flexibility index (Phi) is 9.51. The Balaban J connectivity index is 0.918. The molecular formula is C62H38N4. The lowest BCUT2D eigenvalue weighted by Crippen LogP contribution is -2.01. The van der Waals surface area contributed by atoms with E-state index in [1.54, 1.807) is 0 Å². The second-order valence-electron chi connectivity index (χ2n) is 16.7. The van der Waals surface area contributed by atoms with Crippen LogP contribution < -0.4 is 0 Å². The number of hydrogen-bond donors (Lipinski definition) is 0. The molecule has 0 amide bonds. The van der Waals surface area contributed by atoms with Crippen molar-refractivity contribution in [3.63, 3.8) is 0 Å². The van der Waals surface area contributed by atoms with Gasteiger partial charge >= 0.3 is 0 Å². The first-order valence-electron chi connectivity index (χ1n) is 22.1. The van der Waals surface area contributed by atoms with E-state index in [0.717, 1.165) is 50.1 Å². The van der Waals surface area contributed by atoms with Gasteiger partial charge in [-0.05, 0) is 124 Å². The van der Waals surface area contributed by atoms with Gasteiger partial charge in [0.05, 0.1) is 11.6 Å². The highest BCUT2D eigenvalue weighted by Gasteiger charge is 2.17. The third-order valence-corrected chi connectivity index (χ3v) is 12.7. The fourth-order valence-corrected chi connectivity index (χ4v) is 9.40. The van der Waals surface area contributed by atoms with Crippen molar-refractivity contribution in [2.45, 2.75) is 0 Å². The summed E-state index contributed by atoms with van der Waals surface area (Å²) in [6.45, 7) is 0. The summed E-state index contributed by atoms with van der Waals surface area (Å²) in [5, 5.41) is 19.3. The summed E-state index contributed by atoms with van der Waals surface area (Å²) in [5.74, 6) is 1.77. The van der Waals surface area contributed by atoms with E-state index in [-0.39, 0.29) is 0 Å². The molecule has 12 rings (SSSR count). The normalized spacial score (nSPS) is 11.3. The first kappa shape index (κ1) is 38.6. The molecule has 1 heterocycles. The number of nitriles is 1. The van der Waals surface area contributed by atoms with Crippen molar-refractivity contribution in [3.8, 4) is 84.7 Å². The molecule has 4 nitrogen and oxygen atoms in total. The number of rotatable bonds is 7. The van der Waals surface area contributed by atoms with E-state index >= 15 is 0 Å². The van der Waals surface area contributed by atoms with Crippen LogP contribution in [-0.2, 0) is 0 Å². The van der Waals surface area contributed by atoms with Crippen LogP contribution in [0.1, 0.15) is 5.56 Å². The van der Waals surface area contributed by atoms with E-state index in [4.69, 9.17) is 15.0 Å². The van der Waals surface area contributed by atoms with Crippen LogP contribution in [-0.4, -0.2) is 15.0 Å². The van der Waals surface area contributed by atoms with Crippen molar-refractivity contribution in [1.29, 1.82) is 5.26 Å². The zero-order valence-corrected chi connectivity index (χ0v) is 35.7. The maximum atomic E-state index is 9.38. The molecule has 0 saturated carbocycles. The molecule has 0 aliphatic carbocycles.